The number of hydrogen-bond acceptors (Lipinski definition) is 2. The van der Waals surface area contributed by atoms with E-state index in [0.29, 0.717) is 22.9 Å². The molecule has 1 unspecified atom stereocenters. The van der Waals surface area contributed by atoms with Crippen LogP contribution >= 0.6 is 11.6 Å². The van der Waals surface area contributed by atoms with E-state index in [1.54, 1.807) is 24.1 Å². The Morgan fingerprint density at radius 3 is 3.00 bits per heavy atom. The lowest BCUT2D eigenvalue weighted by Gasteiger charge is -2.19. The summed E-state index contributed by atoms with van der Waals surface area (Å²) in [4.78, 5) is 13.6. The van der Waals surface area contributed by atoms with Gasteiger partial charge in [0, 0.05) is 30.6 Å². The van der Waals surface area contributed by atoms with Crippen molar-refractivity contribution in [2.45, 2.75) is 25.8 Å². The van der Waals surface area contributed by atoms with Crippen molar-refractivity contribution in [1.29, 1.82) is 0 Å². The zero-order valence-corrected chi connectivity index (χ0v) is 12.4. The Hall–Kier alpha value is -1.13. The molecule has 1 fully saturated rings. The van der Waals surface area contributed by atoms with Crippen LogP contribution < -0.4 is 5.32 Å². The van der Waals surface area contributed by atoms with Gasteiger partial charge in [-0.1, -0.05) is 17.7 Å². The van der Waals surface area contributed by atoms with E-state index in [1.165, 1.54) is 6.07 Å². The van der Waals surface area contributed by atoms with Gasteiger partial charge in [0.1, 0.15) is 5.82 Å². The zero-order valence-electron chi connectivity index (χ0n) is 11.7. The first-order chi connectivity index (χ1) is 9.58. The summed E-state index contributed by atoms with van der Waals surface area (Å²) in [6.07, 6.45) is 2.53. The molecule has 0 saturated carbocycles. The molecule has 110 valence electrons. The van der Waals surface area contributed by atoms with Gasteiger partial charge < -0.3 is 10.2 Å². The largest absolute Gasteiger partial charge is 0.341 e. The second-order valence-corrected chi connectivity index (χ2v) is 5.75. The van der Waals surface area contributed by atoms with Crippen molar-refractivity contribution in [2.24, 2.45) is 5.92 Å². The average Bonchev–Trinajstić information content (AvgIpc) is 2.93. The van der Waals surface area contributed by atoms with Crippen LogP contribution in [0.15, 0.2) is 18.2 Å². The number of rotatable bonds is 5. The van der Waals surface area contributed by atoms with Gasteiger partial charge in [-0.15, -0.1) is 0 Å². The molecule has 0 aliphatic carbocycles. The van der Waals surface area contributed by atoms with Gasteiger partial charge in [0.25, 0.3) is 0 Å². The van der Waals surface area contributed by atoms with E-state index in [9.17, 15) is 9.18 Å². The quantitative estimate of drug-likeness (QED) is 0.906. The van der Waals surface area contributed by atoms with Crippen molar-refractivity contribution in [1.82, 2.24) is 10.2 Å². The van der Waals surface area contributed by atoms with Gasteiger partial charge in [0.2, 0.25) is 5.91 Å². The Bertz CT molecular complexity index is 455. The first-order valence-electron chi connectivity index (χ1n) is 6.95. The van der Waals surface area contributed by atoms with Gasteiger partial charge in [0.15, 0.2) is 0 Å². The number of carbonyl (C=O) groups is 1. The molecule has 5 heteroatoms. The monoisotopic (exact) mass is 298 g/mol. The predicted octanol–water partition coefficient (Wildman–Crippen LogP) is 2.83. The van der Waals surface area contributed by atoms with Crippen LogP contribution in [0.25, 0.3) is 0 Å². The number of amides is 1. The predicted molar refractivity (Wildman–Crippen MR) is 78.1 cm³/mol. The van der Waals surface area contributed by atoms with Crippen LogP contribution in [0.1, 0.15) is 24.8 Å². The molecule has 20 heavy (non-hydrogen) atoms. The summed E-state index contributed by atoms with van der Waals surface area (Å²) < 4.78 is 13.7. The van der Waals surface area contributed by atoms with Gasteiger partial charge in [0.05, 0.1) is 0 Å². The van der Waals surface area contributed by atoms with Crippen molar-refractivity contribution in [3.8, 4) is 0 Å². The van der Waals surface area contributed by atoms with Crippen molar-refractivity contribution in [3.05, 3.63) is 34.6 Å². The molecule has 2 rings (SSSR count). The van der Waals surface area contributed by atoms with Crippen molar-refractivity contribution >= 4 is 17.5 Å². The van der Waals surface area contributed by atoms with Crippen LogP contribution in [0.3, 0.4) is 0 Å². The second-order valence-electron chi connectivity index (χ2n) is 5.35. The highest BCUT2D eigenvalue weighted by molar-refractivity contribution is 6.31. The highest BCUT2D eigenvalue weighted by Gasteiger charge is 2.18. The normalized spacial score (nSPS) is 18.2. The summed E-state index contributed by atoms with van der Waals surface area (Å²) in [5.74, 6) is 0.262. The van der Waals surface area contributed by atoms with E-state index in [4.69, 9.17) is 11.6 Å². The molecule has 1 saturated heterocycles. The fourth-order valence-corrected chi connectivity index (χ4v) is 2.71. The summed E-state index contributed by atoms with van der Waals surface area (Å²) in [5, 5.41) is 3.65. The van der Waals surface area contributed by atoms with E-state index in [-0.39, 0.29) is 18.3 Å². The van der Waals surface area contributed by atoms with E-state index < -0.39 is 0 Å². The van der Waals surface area contributed by atoms with Crippen LogP contribution in [0.5, 0.6) is 0 Å². The summed E-state index contributed by atoms with van der Waals surface area (Å²) in [7, 11) is 1.69. The summed E-state index contributed by atoms with van der Waals surface area (Å²) in [6, 6.07) is 4.57. The topological polar surface area (TPSA) is 32.3 Å². The second kappa shape index (κ2) is 7.04. The maximum absolute atomic E-state index is 13.7. The third kappa shape index (κ3) is 3.93. The minimum atomic E-state index is -0.364. The van der Waals surface area contributed by atoms with E-state index in [2.05, 4.69) is 5.32 Å². The number of nitrogens with zero attached hydrogens (tertiary/aromatic N) is 1. The molecule has 1 heterocycles. The van der Waals surface area contributed by atoms with E-state index in [1.807, 2.05) is 0 Å². The summed E-state index contributed by atoms with van der Waals surface area (Å²) in [5.41, 5.74) is 0.382. The third-order valence-electron chi connectivity index (χ3n) is 3.81. The van der Waals surface area contributed by atoms with Gasteiger partial charge >= 0.3 is 0 Å². The van der Waals surface area contributed by atoms with Gasteiger partial charge in [-0.05, 0) is 44.0 Å². The Balaban J connectivity index is 1.87. The fraction of sp³-hybridized carbons (Fsp3) is 0.533. The number of halogens is 2. The molecule has 0 spiro atoms. The maximum Gasteiger partial charge on any atom is 0.222 e. The molecule has 1 aromatic carbocycles. The van der Waals surface area contributed by atoms with Crippen LogP contribution in [0, 0.1) is 11.7 Å². The number of carbonyl (C=O) groups excluding carboxylic acids is 1. The fourth-order valence-electron chi connectivity index (χ4n) is 2.49. The van der Waals surface area contributed by atoms with Crippen LogP contribution in [0.4, 0.5) is 4.39 Å². The smallest absolute Gasteiger partial charge is 0.222 e. The van der Waals surface area contributed by atoms with Crippen molar-refractivity contribution in [2.75, 3.05) is 20.1 Å². The third-order valence-corrected chi connectivity index (χ3v) is 4.17. The minimum Gasteiger partial charge on any atom is -0.341 e. The highest BCUT2D eigenvalue weighted by atomic mass is 35.5. The minimum absolute atomic E-state index is 0.0382. The van der Waals surface area contributed by atoms with Crippen molar-refractivity contribution < 1.29 is 9.18 Å². The van der Waals surface area contributed by atoms with E-state index >= 15 is 0 Å². The van der Waals surface area contributed by atoms with Gasteiger partial charge in [-0.3, -0.25) is 4.79 Å². The Morgan fingerprint density at radius 2 is 2.35 bits per heavy atom. The van der Waals surface area contributed by atoms with Crippen LogP contribution in [-0.4, -0.2) is 30.9 Å². The first kappa shape index (κ1) is 15.3. The number of benzene rings is 1. The zero-order chi connectivity index (χ0) is 14.5. The van der Waals surface area contributed by atoms with Crippen molar-refractivity contribution in [3.63, 3.8) is 0 Å². The van der Waals surface area contributed by atoms with Crippen LogP contribution in [0.2, 0.25) is 5.02 Å². The molecule has 1 aliphatic heterocycles. The Labute approximate surface area is 124 Å². The lowest BCUT2D eigenvalue weighted by Crippen LogP contribution is -2.27. The molecule has 0 radical (unpaired) electrons. The molecule has 1 atom stereocenters. The Kier molecular flexibility index (Phi) is 5.38. The molecule has 1 N–H and O–H groups in total. The van der Waals surface area contributed by atoms with Crippen LogP contribution in [-0.2, 0) is 11.3 Å². The standard InChI is InChI=1S/C15H20ClFN2O/c1-19(10-12-13(16)3-2-4-14(12)17)15(20)6-5-11-7-8-18-9-11/h2-4,11,18H,5-10H2,1H3. The van der Waals surface area contributed by atoms with Gasteiger partial charge in [-0.2, -0.15) is 0 Å². The number of hydrogen-bond donors (Lipinski definition) is 1. The summed E-state index contributed by atoms with van der Waals surface area (Å²) >= 11 is 5.97. The van der Waals surface area contributed by atoms with Gasteiger partial charge in [-0.25, -0.2) is 4.39 Å². The SMILES string of the molecule is CN(Cc1c(F)cccc1Cl)C(=O)CCC1CCNC1. The average molecular weight is 299 g/mol. The summed E-state index contributed by atoms with van der Waals surface area (Å²) in [6.45, 7) is 2.25. The molecular weight excluding hydrogens is 279 g/mol. The van der Waals surface area contributed by atoms with E-state index in [0.717, 1.165) is 25.9 Å². The molecule has 3 nitrogen and oxygen atoms in total. The first-order valence-corrected chi connectivity index (χ1v) is 7.33. The molecular formula is C15H20ClFN2O. The lowest BCUT2D eigenvalue weighted by molar-refractivity contribution is -0.130. The number of nitrogens with one attached hydrogen (secondary N) is 1. The lowest BCUT2D eigenvalue weighted by atomic mass is 10.0. The molecule has 1 aliphatic rings. The Morgan fingerprint density at radius 1 is 1.55 bits per heavy atom. The maximum atomic E-state index is 13.7. The highest BCUT2D eigenvalue weighted by Crippen LogP contribution is 2.21. The molecule has 1 amide bonds. The molecule has 0 bridgehead atoms. The molecule has 1 aromatic rings. The molecule has 0 aromatic heterocycles.